The maximum absolute atomic E-state index is 11.3. The van der Waals surface area contributed by atoms with Crippen LogP contribution >= 0.6 is 21.6 Å². The van der Waals surface area contributed by atoms with Crippen LogP contribution in [0.5, 0.6) is 0 Å². The Kier molecular flexibility index (Phi) is 9.09. The molecule has 0 unspecified atom stereocenters. The van der Waals surface area contributed by atoms with Crippen molar-refractivity contribution in [3.63, 3.8) is 0 Å². The maximum Gasteiger partial charge on any atom is 0.264 e. The zero-order valence-corrected chi connectivity index (χ0v) is 13.3. The van der Waals surface area contributed by atoms with Crippen LogP contribution in [0.4, 0.5) is 0 Å². The van der Waals surface area contributed by atoms with Crippen LogP contribution in [0.3, 0.4) is 0 Å². The van der Waals surface area contributed by atoms with Crippen molar-refractivity contribution in [2.24, 2.45) is 0 Å². The molecular weight excluding hydrogens is 344 g/mol. The lowest BCUT2D eigenvalue weighted by atomic mass is 10.6. The lowest BCUT2D eigenvalue weighted by Gasteiger charge is -2.00. The molecule has 0 heterocycles. The van der Waals surface area contributed by atoms with Gasteiger partial charge in [0.15, 0.2) is 0 Å². The Morgan fingerprint density at radius 1 is 0.833 bits per heavy atom. The minimum Gasteiger partial charge on any atom is -0.286 e. The zero-order valence-electron chi connectivity index (χ0n) is 9.22. The molecule has 0 spiro atoms. The first kappa shape index (κ1) is 18.7. The van der Waals surface area contributed by atoms with Crippen molar-refractivity contribution in [2.45, 2.75) is 12.8 Å². The first-order valence-electron chi connectivity index (χ1n) is 4.69. The first-order chi connectivity index (χ1) is 8.10. The molecule has 2 N–H and O–H groups in total. The van der Waals surface area contributed by atoms with E-state index in [1.165, 1.54) is 0 Å². The standard InChI is InChI=1S/C6H14O7S5/c7-16(14-3-1-5-17(8,9)10)15-4-2-6-18(11,12)13/h1-6H2,(H,8,9,10)(H,11,12,13). The maximum atomic E-state index is 11.3. The summed E-state index contributed by atoms with van der Waals surface area (Å²) in [6, 6.07) is 0. The van der Waals surface area contributed by atoms with Gasteiger partial charge in [-0.25, -0.2) is 4.21 Å². The normalized spacial score (nSPS) is 13.1. The molecular formula is C6H14O7S5. The van der Waals surface area contributed by atoms with Crippen LogP contribution in [0.2, 0.25) is 0 Å². The Morgan fingerprint density at radius 2 is 1.17 bits per heavy atom. The van der Waals surface area contributed by atoms with Crippen molar-refractivity contribution < 1.29 is 30.1 Å². The summed E-state index contributed by atoms with van der Waals surface area (Å²) in [7, 11) is -7.20. The summed E-state index contributed by atoms with van der Waals surface area (Å²) in [5.41, 5.74) is 0. The third kappa shape index (κ3) is 14.7. The Morgan fingerprint density at radius 3 is 1.44 bits per heavy atom. The molecule has 0 aromatic rings. The van der Waals surface area contributed by atoms with Gasteiger partial charge in [0.05, 0.1) is 11.5 Å². The third-order valence-corrected chi connectivity index (χ3v) is 8.24. The molecule has 0 radical (unpaired) electrons. The molecule has 0 aliphatic heterocycles. The smallest absolute Gasteiger partial charge is 0.264 e. The summed E-state index contributed by atoms with van der Waals surface area (Å²) in [6.07, 6.45) is 0.391. The van der Waals surface area contributed by atoms with E-state index < -0.39 is 29.1 Å². The molecule has 0 aliphatic rings. The van der Waals surface area contributed by atoms with Crippen LogP contribution in [-0.4, -0.2) is 53.2 Å². The fourth-order valence-corrected chi connectivity index (χ4v) is 6.58. The van der Waals surface area contributed by atoms with E-state index in [0.29, 0.717) is 11.5 Å². The summed E-state index contributed by atoms with van der Waals surface area (Å²) in [5.74, 6) is -0.107. The van der Waals surface area contributed by atoms with Crippen molar-refractivity contribution >= 4 is 50.7 Å². The van der Waals surface area contributed by atoms with E-state index >= 15 is 0 Å². The van der Waals surface area contributed by atoms with E-state index in [1.54, 1.807) is 0 Å². The molecule has 0 fully saturated rings. The Hall–Kier alpha value is 0.670. The first-order valence-corrected chi connectivity index (χ1v) is 12.1. The quantitative estimate of drug-likeness (QED) is 0.328. The fraction of sp³-hybridized carbons (Fsp3) is 1.00. The van der Waals surface area contributed by atoms with Crippen molar-refractivity contribution in [3.8, 4) is 0 Å². The summed E-state index contributed by atoms with van der Waals surface area (Å²) >= 11 is 0. The van der Waals surface area contributed by atoms with Gasteiger partial charge in [0.25, 0.3) is 20.2 Å². The van der Waals surface area contributed by atoms with Gasteiger partial charge < -0.3 is 0 Å². The largest absolute Gasteiger partial charge is 0.286 e. The van der Waals surface area contributed by atoms with Crippen molar-refractivity contribution in [3.05, 3.63) is 0 Å². The van der Waals surface area contributed by atoms with Gasteiger partial charge >= 0.3 is 0 Å². The minimum absolute atomic E-state index is 0.195. The van der Waals surface area contributed by atoms with Gasteiger partial charge in [-0.2, -0.15) is 16.8 Å². The van der Waals surface area contributed by atoms with E-state index in [2.05, 4.69) is 0 Å². The average molecular weight is 359 g/mol. The highest BCUT2D eigenvalue weighted by Crippen LogP contribution is 2.22. The van der Waals surface area contributed by atoms with Crippen LogP contribution in [0.1, 0.15) is 12.8 Å². The van der Waals surface area contributed by atoms with Gasteiger partial charge in [-0.3, -0.25) is 9.11 Å². The summed E-state index contributed by atoms with van der Waals surface area (Å²) in [6.45, 7) is 0. The van der Waals surface area contributed by atoms with Gasteiger partial charge in [-0.05, 0) is 12.8 Å². The lowest BCUT2D eigenvalue weighted by molar-refractivity contribution is 0.480. The topological polar surface area (TPSA) is 126 Å². The monoisotopic (exact) mass is 358 g/mol. The van der Waals surface area contributed by atoms with Crippen LogP contribution in [0, 0.1) is 0 Å². The minimum atomic E-state index is -3.97. The predicted octanol–water partition coefficient (Wildman–Crippen LogP) is 0.587. The van der Waals surface area contributed by atoms with E-state index in [-0.39, 0.29) is 24.3 Å². The SMILES string of the molecule is O=S(SCCCS(=O)(=O)O)SCCCS(=O)(=O)O. The molecule has 0 aromatic heterocycles. The molecule has 0 saturated carbocycles. The van der Waals surface area contributed by atoms with E-state index in [9.17, 15) is 21.0 Å². The fourth-order valence-electron chi connectivity index (χ4n) is 0.771. The molecule has 7 nitrogen and oxygen atoms in total. The molecule has 12 heteroatoms. The zero-order chi connectivity index (χ0) is 14.2. The van der Waals surface area contributed by atoms with Crippen LogP contribution in [0.25, 0.3) is 0 Å². The summed E-state index contributed by atoms with van der Waals surface area (Å²) < 4.78 is 69.6. The molecule has 0 atom stereocenters. The van der Waals surface area contributed by atoms with Crippen molar-refractivity contribution in [2.75, 3.05) is 23.0 Å². The molecule has 0 amide bonds. The molecule has 18 heavy (non-hydrogen) atoms. The second kappa shape index (κ2) is 8.76. The number of hydrogen-bond acceptors (Lipinski definition) is 7. The third-order valence-electron chi connectivity index (χ3n) is 1.45. The van der Waals surface area contributed by atoms with Crippen molar-refractivity contribution in [1.82, 2.24) is 0 Å². The molecule has 0 aromatic carbocycles. The Bertz CT molecular complexity index is 411. The Balaban J connectivity index is 3.55. The van der Waals surface area contributed by atoms with Gasteiger partial charge in [-0.15, -0.1) is 0 Å². The highest BCUT2D eigenvalue weighted by Gasteiger charge is 2.08. The van der Waals surface area contributed by atoms with Gasteiger partial charge in [0, 0.05) is 11.5 Å². The van der Waals surface area contributed by atoms with E-state index in [1.807, 2.05) is 0 Å². The second-order valence-corrected chi connectivity index (χ2v) is 11.8. The second-order valence-electron chi connectivity index (χ2n) is 3.13. The summed E-state index contributed by atoms with van der Waals surface area (Å²) in [4.78, 5) is 0. The van der Waals surface area contributed by atoms with Crippen LogP contribution in [0.15, 0.2) is 0 Å². The highest BCUT2D eigenvalue weighted by molar-refractivity contribution is 9.02. The van der Waals surface area contributed by atoms with E-state index in [4.69, 9.17) is 9.11 Å². The highest BCUT2D eigenvalue weighted by atomic mass is 33.5. The van der Waals surface area contributed by atoms with E-state index in [0.717, 1.165) is 21.6 Å². The van der Waals surface area contributed by atoms with Gasteiger partial charge in [0.1, 0.15) is 8.86 Å². The number of hydrogen-bond donors (Lipinski definition) is 2. The average Bonchev–Trinajstić information content (AvgIpc) is 2.17. The van der Waals surface area contributed by atoms with Crippen LogP contribution in [-0.2, 0) is 29.1 Å². The predicted molar refractivity (Wildman–Crippen MR) is 75.1 cm³/mol. The molecule has 0 aliphatic carbocycles. The molecule has 0 bridgehead atoms. The summed E-state index contributed by atoms with van der Waals surface area (Å²) in [5, 5.41) is 0. The number of rotatable bonds is 10. The van der Waals surface area contributed by atoms with Crippen molar-refractivity contribution in [1.29, 1.82) is 0 Å². The lowest BCUT2D eigenvalue weighted by Crippen LogP contribution is -2.05. The van der Waals surface area contributed by atoms with Gasteiger partial charge in [-0.1, -0.05) is 21.6 Å². The Labute approximate surface area is 116 Å². The molecule has 0 rings (SSSR count). The van der Waals surface area contributed by atoms with Gasteiger partial charge in [0.2, 0.25) is 0 Å². The molecule has 110 valence electrons. The van der Waals surface area contributed by atoms with Crippen LogP contribution < -0.4 is 0 Å². The molecule has 0 saturated heterocycles.